The van der Waals surface area contributed by atoms with Crippen LogP contribution in [0.4, 0.5) is 0 Å². The fourth-order valence-corrected chi connectivity index (χ4v) is 3.18. The normalized spacial score (nSPS) is 18.3. The first-order valence-electron chi connectivity index (χ1n) is 9.73. The highest BCUT2D eigenvalue weighted by atomic mass is 16.5. The van der Waals surface area contributed by atoms with Gasteiger partial charge >= 0.3 is 0 Å². The first-order valence-corrected chi connectivity index (χ1v) is 9.73. The van der Waals surface area contributed by atoms with Crippen LogP contribution in [0.15, 0.2) is 60.7 Å². The van der Waals surface area contributed by atoms with Crippen LogP contribution < -0.4 is 11.6 Å². The van der Waals surface area contributed by atoms with E-state index in [0.29, 0.717) is 13.2 Å². The van der Waals surface area contributed by atoms with E-state index in [2.05, 4.69) is 24.3 Å². The molecule has 6 heteroatoms. The average molecular weight is 390 g/mol. The maximum absolute atomic E-state index is 7.57. The molecule has 6 N–H and O–H groups in total. The van der Waals surface area contributed by atoms with E-state index in [4.69, 9.17) is 26.5 Å². The topological polar surface area (TPSA) is 105 Å². The van der Waals surface area contributed by atoms with Crippen LogP contribution in [0.1, 0.15) is 25.0 Å². The van der Waals surface area contributed by atoms with Gasteiger partial charge in [-0.15, -0.1) is 0 Å². The van der Waals surface area contributed by atoms with Crippen molar-refractivity contribution in [3.05, 3.63) is 71.8 Å². The summed E-state index contributed by atoms with van der Waals surface area (Å²) in [4.78, 5) is 0. The molecule has 0 aliphatic carbocycles. The number of nitrogens with zero attached hydrogens (tertiary/aromatic N) is 1. The predicted molar refractivity (Wildman–Crippen MR) is 113 cm³/mol. The average Bonchev–Trinajstić information content (AvgIpc) is 2.69. The molecule has 156 valence electrons. The van der Waals surface area contributed by atoms with Gasteiger partial charge in [0.2, 0.25) is 0 Å². The number of hydrazine groups is 1. The lowest BCUT2D eigenvalue weighted by atomic mass is 9.81. The zero-order chi connectivity index (χ0) is 20.8. The summed E-state index contributed by atoms with van der Waals surface area (Å²) in [5.74, 6) is 6.37. The Kier molecular flexibility index (Phi) is 11.6. The van der Waals surface area contributed by atoms with Gasteiger partial charge in [-0.25, -0.2) is 5.01 Å². The van der Waals surface area contributed by atoms with Crippen molar-refractivity contribution >= 4 is 0 Å². The molecule has 1 unspecified atom stereocenters. The fourth-order valence-electron chi connectivity index (χ4n) is 3.18. The van der Waals surface area contributed by atoms with Gasteiger partial charge in [-0.1, -0.05) is 60.7 Å². The Morgan fingerprint density at radius 1 is 0.929 bits per heavy atom. The van der Waals surface area contributed by atoms with Crippen molar-refractivity contribution in [2.24, 2.45) is 11.6 Å². The van der Waals surface area contributed by atoms with Crippen molar-refractivity contribution in [1.29, 1.82) is 0 Å². The van der Waals surface area contributed by atoms with Gasteiger partial charge in [0.05, 0.1) is 12.1 Å². The number of hydrogen-bond donors (Lipinski definition) is 4. The van der Waals surface area contributed by atoms with Crippen LogP contribution in [0.25, 0.3) is 0 Å². The minimum atomic E-state index is -0.430. The van der Waals surface area contributed by atoms with Gasteiger partial charge in [0, 0.05) is 19.8 Å². The Morgan fingerprint density at radius 2 is 1.32 bits per heavy atom. The number of aliphatic hydroxyl groups is 2. The van der Waals surface area contributed by atoms with Crippen LogP contribution in [0.3, 0.4) is 0 Å². The molecule has 0 spiro atoms. The van der Waals surface area contributed by atoms with E-state index in [9.17, 15) is 0 Å². The Labute approximate surface area is 168 Å². The molecule has 0 radical (unpaired) electrons. The number of morpholine rings is 1. The molecule has 6 nitrogen and oxygen atoms in total. The van der Waals surface area contributed by atoms with Crippen molar-refractivity contribution in [3.63, 3.8) is 0 Å². The quantitative estimate of drug-likeness (QED) is 0.593. The molecule has 2 aromatic rings. The summed E-state index contributed by atoms with van der Waals surface area (Å²) >= 11 is 0. The van der Waals surface area contributed by atoms with Crippen molar-refractivity contribution in [1.82, 2.24) is 5.01 Å². The first kappa shape index (κ1) is 24.2. The molecule has 2 aromatic carbocycles. The number of benzene rings is 2. The number of rotatable bonds is 4. The highest BCUT2D eigenvalue weighted by Crippen LogP contribution is 2.29. The van der Waals surface area contributed by atoms with E-state index in [1.807, 2.05) is 41.4 Å². The summed E-state index contributed by atoms with van der Waals surface area (Å²) in [6, 6.07) is 20.7. The Hall–Kier alpha value is -1.80. The molecular formula is C22H35N3O3. The second-order valence-electron chi connectivity index (χ2n) is 6.55. The van der Waals surface area contributed by atoms with Crippen LogP contribution in [0.2, 0.25) is 0 Å². The van der Waals surface area contributed by atoms with Crippen LogP contribution in [-0.4, -0.2) is 53.4 Å². The summed E-state index contributed by atoms with van der Waals surface area (Å²) in [6.45, 7) is 5.12. The lowest BCUT2D eigenvalue weighted by Gasteiger charge is -2.48. The Balaban J connectivity index is 0.000000582. The third-order valence-electron chi connectivity index (χ3n) is 4.44. The molecule has 1 heterocycles. The van der Waals surface area contributed by atoms with Gasteiger partial charge in [0.25, 0.3) is 0 Å². The second kappa shape index (κ2) is 13.4. The van der Waals surface area contributed by atoms with Crippen LogP contribution in [0.5, 0.6) is 0 Å². The number of ether oxygens (including phenoxy) is 1. The summed E-state index contributed by atoms with van der Waals surface area (Å²) in [7, 11) is 0. The number of hydrogen-bond acceptors (Lipinski definition) is 6. The van der Waals surface area contributed by atoms with E-state index in [-0.39, 0.29) is 13.2 Å². The molecule has 0 aromatic heterocycles. The smallest absolute Gasteiger partial charge is 0.126 e. The van der Waals surface area contributed by atoms with Crippen LogP contribution in [0, 0.1) is 0 Å². The van der Waals surface area contributed by atoms with Crippen molar-refractivity contribution in [2.75, 3.05) is 26.4 Å². The first-order chi connectivity index (χ1) is 13.5. The monoisotopic (exact) mass is 389 g/mol. The van der Waals surface area contributed by atoms with E-state index in [1.165, 1.54) is 11.1 Å². The van der Waals surface area contributed by atoms with Crippen molar-refractivity contribution < 1.29 is 14.9 Å². The van der Waals surface area contributed by atoms with Gasteiger partial charge in [0.15, 0.2) is 0 Å². The molecule has 28 heavy (non-hydrogen) atoms. The predicted octanol–water partition coefficient (Wildman–Crippen LogP) is 1.70. The van der Waals surface area contributed by atoms with Crippen LogP contribution in [-0.2, 0) is 17.6 Å². The second-order valence-corrected chi connectivity index (χ2v) is 6.55. The number of aliphatic hydroxyl groups excluding tert-OH is 2. The van der Waals surface area contributed by atoms with E-state index in [0.717, 1.165) is 12.8 Å². The lowest BCUT2D eigenvalue weighted by molar-refractivity contribution is -0.126. The summed E-state index contributed by atoms with van der Waals surface area (Å²) in [6.07, 6.45) is 1.12. The minimum Gasteiger partial charge on any atom is -0.397 e. The lowest BCUT2D eigenvalue weighted by Crippen LogP contribution is -2.69. The fraction of sp³-hybridized carbons (Fsp3) is 0.455. The largest absolute Gasteiger partial charge is 0.397 e. The zero-order valence-corrected chi connectivity index (χ0v) is 17.0. The summed E-state index contributed by atoms with van der Waals surface area (Å²) in [5, 5.41) is 17.0. The van der Waals surface area contributed by atoms with E-state index < -0.39 is 11.8 Å². The van der Waals surface area contributed by atoms with Crippen LogP contribution >= 0.6 is 0 Å². The van der Waals surface area contributed by atoms with Gasteiger partial charge in [0.1, 0.15) is 6.23 Å². The van der Waals surface area contributed by atoms with Gasteiger partial charge in [-0.05, 0) is 37.8 Å². The molecule has 1 atom stereocenters. The highest BCUT2D eigenvalue weighted by Gasteiger charge is 2.44. The minimum absolute atomic E-state index is 0.250. The highest BCUT2D eigenvalue weighted by molar-refractivity contribution is 5.24. The zero-order valence-electron chi connectivity index (χ0n) is 17.0. The molecule has 0 saturated carbocycles. The SMILES string of the molecule is CCO.CCO.NC1OCCN(N)C1(Cc1ccccc1)Cc1ccccc1. The molecule has 0 amide bonds. The molecule has 3 rings (SSSR count). The Bertz CT molecular complexity index is 570. The molecule has 0 bridgehead atoms. The molecule has 1 aliphatic rings. The van der Waals surface area contributed by atoms with Gasteiger partial charge < -0.3 is 20.7 Å². The maximum atomic E-state index is 7.57. The van der Waals surface area contributed by atoms with Gasteiger partial charge in [-0.3, -0.25) is 5.84 Å². The third-order valence-corrected chi connectivity index (χ3v) is 4.44. The summed E-state index contributed by atoms with van der Waals surface area (Å²) in [5.41, 5.74) is 8.36. The number of nitrogens with two attached hydrogens (primary N) is 2. The standard InChI is InChI=1S/C18H23N3O.2C2H6O/c19-17-18(21(20)11-12-22-17,13-15-7-3-1-4-8-15)14-16-9-5-2-6-10-16;2*1-2-3/h1-10,17H,11-14,19-20H2;2*3H,2H2,1H3. The summed E-state index contributed by atoms with van der Waals surface area (Å²) < 4.78 is 5.76. The van der Waals surface area contributed by atoms with E-state index in [1.54, 1.807) is 13.8 Å². The maximum Gasteiger partial charge on any atom is 0.126 e. The molecule has 1 fully saturated rings. The van der Waals surface area contributed by atoms with Gasteiger partial charge in [-0.2, -0.15) is 0 Å². The third kappa shape index (κ3) is 7.31. The van der Waals surface area contributed by atoms with Crippen molar-refractivity contribution in [2.45, 2.75) is 38.5 Å². The molecule has 1 saturated heterocycles. The Morgan fingerprint density at radius 3 is 1.68 bits per heavy atom. The molecular weight excluding hydrogens is 354 g/mol. The van der Waals surface area contributed by atoms with Crippen molar-refractivity contribution in [3.8, 4) is 0 Å². The van der Waals surface area contributed by atoms with E-state index >= 15 is 0 Å². The molecule has 1 aliphatic heterocycles.